The number of rotatable bonds is 4. The molecule has 1 unspecified atom stereocenters. The van der Waals surface area contributed by atoms with Gasteiger partial charge < -0.3 is 5.32 Å². The summed E-state index contributed by atoms with van der Waals surface area (Å²) in [6, 6.07) is 14.7. The summed E-state index contributed by atoms with van der Waals surface area (Å²) in [7, 11) is -3.59. The lowest BCUT2D eigenvalue weighted by atomic mass is 9.98. The van der Waals surface area contributed by atoms with Crippen LogP contribution in [0.4, 0.5) is 20.2 Å². The topological polar surface area (TPSA) is 83.6 Å². The van der Waals surface area contributed by atoms with Gasteiger partial charge in [0, 0.05) is 12.7 Å². The Bertz CT molecular complexity index is 1310. The third-order valence-electron chi connectivity index (χ3n) is 5.20. The zero-order valence-corrected chi connectivity index (χ0v) is 17.7. The molecule has 0 spiro atoms. The lowest BCUT2D eigenvalue weighted by molar-refractivity contribution is -0.117. The van der Waals surface area contributed by atoms with Crippen molar-refractivity contribution < 1.29 is 26.8 Å². The van der Waals surface area contributed by atoms with Crippen LogP contribution in [0.5, 0.6) is 0 Å². The first-order chi connectivity index (χ1) is 15.2. The summed E-state index contributed by atoms with van der Waals surface area (Å²) < 4.78 is 52.8. The van der Waals surface area contributed by atoms with Crippen LogP contribution in [-0.4, -0.2) is 32.5 Å². The van der Waals surface area contributed by atoms with Gasteiger partial charge in [0.25, 0.3) is 5.91 Å². The SMILES string of the molecule is CS(=O)(=O)c1ccc2c(c1)NC(=O)C(Cc1ccccc1)N2C(=O)c1c(F)cccc1F. The molecule has 9 heteroatoms. The fraction of sp³-hybridized carbons (Fsp3) is 0.130. The second kappa shape index (κ2) is 8.16. The predicted molar refractivity (Wildman–Crippen MR) is 115 cm³/mol. The molecule has 0 aliphatic carbocycles. The van der Waals surface area contributed by atoms with E-state index in [0.717, 1.165) is 34.9 Å². The Kier molecular flexibility index (Phi) is 5.52. The quantitative estimate of drug-likeness (QED) is 0.651. The summed E-state index contributed by atoms with van der Waals surface area (Å²) >= 11 is 0. The van der Waals surface area contributed by atoms with Crippen molar-refractivity contribution in [1.82, 2.24) is 0 Å². The van der Waals surface area contributed by atoms with E-state index >= 15 is 0 Å². The van der Waals surface area contributed by atoms with Gasteiger partial charge in [-0.05, 0) is 35.9 Å². The molecule has 2 amide bonds. The molecule has 3 aromatic carbocycles. The van der Waals surface area contributed by atoms with Crippen molar-refractivity contribution in [3.63, 3.8) is 0 Å². The lowest BCUT2D eigenvalue weighted by Crippen LogP contribution is -2.52. The number of amides is 2. The number of hydrogen-bond acceptors (Lipinski definition) is 4. The lowest BCUT2D eigenvalue weighted by Gasteiger charge is -2.37. The van der Waals surface area contributed by atoms with Crippen LogP contribution in [0.1, 0.15) is 15.9 Å². The summed E-state index contributed by atoms with van der Waals surface area (Å²) in [4.78, 5) is 27.3. The number of nitrogens with one attached hydrogen (secondary N) is 1. The molecule has 1 aliphatic heterocycles. The third kappa shape index (κ3) is 3.99. The molecule has 6 nitrogen and oxygen atoms in total. The fourth-order valence-electron chi connectivity index (χ4n) is 3.65. The van der Waals surface area contributed by atoms with Crippen LogP contribution < -0.4 is 10.2 Å². The van der Waals surface area contributed by atoms with Crippen LogP contribution in [0.2, 0.25) is 0 Å². The largest absolute Gasteiger partial charge is 0.322 e. The van der Waals surface area contributed by atoms with Gasteiger partial charge in [-0.1, -0.05) is 36.4 Å². The Balaban J connectivity index is 1.88. The summed E-state index contributed by atoms with van der Waals surface area (Å²) in [5.74, 6) is -3.76. The highest BCUT2D eigenvalue weighted by molar-refractivity contribution is 7.90. The molecule has 164 valence electrons. The monoisotopic (exact) mass is 456 g/mol. The predicted octanol–water partition coefficient (Wildman–Crippen LogP) is 3.58. The molecular formula is C23H18F2N2O4S. The maximum absolute atomic E-state index is 14.4. The Labute approximate surface area is 183 Å². The van der Waals surface area contributed by atoms with Crippen molar-refractivity contribution in [2.24, 2.45) is 0 Å². The molecule has 0 fully saturated rings. The smallest absolute Gasteiger partial charge is 0.265 e. The number of anilines is 2. The number of nitrogens with zero attached hydrogens (tertiary/aromatic N) is 1. The first-order valence-corrected chi connectivity index (χ1v) is 11.5. The molecule has 0 saturated carbocycles. The van der Waals surface area contributed by atoms with Gasteiger partial charge in [0.15, 0.2) is 9.84 Å². The molecule has 0 bridgehead atoms. The van der Waals surface area contributed by atoms with E-state index in [1.165, 1.54) is 18.2 Å². The van der Waals surface area contributed by atoms with Crippen molar-refractivity contribution >= 4 is 33.0 Å². The number of carbonyl (C=O) groups excluding carboxylic acids is 2. The van der Waals surface area contributed by atoms with Crippen LogP contribution in [-0.2, 0) is 21.1 Å². The maximum Gasteiger partial charge on any atom is 0.265 e. The highest BCUT2D eigenvalue weighted by Crippen LogP contribution is 2.36. The average molecular weight is 456 g/mol. The molecule has 0 radical (unpaired) electrons. The van der Waals surface area contributed by atoms with Gasteiger partial charge in [0.05, 0.1) is 16.3 Å². The number of hydrogen-bond donors (Lipinski definition) is 1. The van der Waals surface area contributed by atoms with Crippen molar-refractivity contribution in [1.29, 1.82) is 0 Å². The summed E-state index contributed by atoms with van der Waals surface area (Å²) in [6.45, 7) is 0. The standard InChI is InChI=1S/C23H18F2N2O4S/c1-32(30,31)15-10-11-19-18(13-15)26-22(28)20(12-14-6-3-2-4-7-14)27(19)23(29)21-16(24)8-5-9-17(21)25/h2-11,13,20H,12H2,1H3,(H,26,28). The second-order valence-corrected chi connectivity index (χ2v) is 9.43. The van der Waals surface area contributed by atoms with Crippen LogP contribution in [0, 0.1) is 11.6 Å². The van der Waals surface area contributed by atoms with E-state index in [1.54, 1.807) is 30.3 Å². The summed E-state index contributed by atoms with van der Waals surface area (Å²) in [6.07, 6.45) is 1.09. The molecule has 1 heterocycles. The van der Waals surface area contributed by atoms with Crippen molar-refractivity contribution in [2.45, 2.75) is 17.4 Å². The Morgan fingerprint density at radius 1 is 1.00 bits per heavy atom. The number of halogens is 2. The first-order valence-electron chi connectivity index (χ1n) is 9.63. The summed E-state index contributed by atoms with van der Waals surface area (Å²) in [5, 5.41) is 2.62. The van der Waals surface area contributed by atoms with E-state index in [9.17, 15) is 26.8 Å². The van der Waals surface area contributed by atoms with E-state index in [-0.39, 0.29) is 22.7 Å². The highest BCUT2D eigenvalue weighted by atomic mass is 32.2. The van der Waals surface area contributed by atoms with E-state index in [0.29, 0.717) is 0 Å². The summed E-state index contributed by atoms with van der Waals surface area (Å²) in [5.41, 5.74) is 0.145. The van der Waals surface area contributed by atoms with Crippen LogP contribution >= 0.6 is 0 Å². The van der Waals surface area contributed by atoms with Crippen LogP contribution in [0.15, 0.2) is 71.6 Å². The number of sulfone groups is 1. The van der Waals surface area contributed by atoms with Gasteiger partial charge in [-0.15, -0.1) is 0 Å². The highest BCUT2D eigenvalue weighted by Gasteiger charge is 2.39. The van der Waals surface area contributed by atoms with Gasteiger partial charge in [0.1, 0.15) is 23.2 Å². The third-order valence-corrected chi connectivity index (χ3v) is 6.31. The first kappa shape index (κ1) is 21.6. The minimum absolute atomic E-state index is 0.0623. The molecule has 1 N–H and O–H groups in total. The zero-order chi connectivity index (χ0) is 23.0. The molecule has 0 saturated heterocycles. The Hall–Kier alpha value is -3.59. The molecule has 1 atom stereocenters. The minimum Gasteiger partial charge on any atom is -0.322 e. The van der Waals surface area contributed by atoms with Gasteiger partial charge >= 0.3 is 0 Å². The van der Waals surface area contributed by atoms with Gasteiger partial charge in [0.2, 0.25) is 5.91 Å². The van der Waals surface area contributed by atoms with E-state index < -0.39 is 44.9 Å². The molecule has 0 aromatic heterocycles. The van der Waals surface area contributed by atoms with E-state index in [4.69, 9.17) is 0 Å². The molecular weight excluding hydrogens is 438 g/mol. The number of fused-ring (bicyclic) bond motifs is 1. The van der Waals surface area contributed by atoms with Gasteiger partial charge in [-0.3, -0.25) is 14.5 Å². The van der Waals surface area contributed by atoms with Gasteiger partial charge in [-0.2, -0.15) is 0 Å². The molecule has 3 aromatic rings. The van der Waals surface area contributed by atoms with Crippen molar-refractivity contribution in [2.75, 3.05) is 16.5 Å². The Morgan fingerprint density at radius 3 is 2.28 bits per heavy atom. The number of carbonyl (C=O) groups is 2. The maximum atomic E-state index is 14.4. The Morgan fingerprint density at radius 2 is 1.66 bits per heavy atom. The molecule has 32 heavy (non-hydrogen) atoms. The van der Waals surface area contributed by atoms with Crippen LogP contribution in [0.25, 0.3) is 0 Å². The fourth-order valence-corrected chi connectivity index (χ4v) is 4.30. The second-order valence-electron chi connectivity index (χ2n) is 7.42. The van der Waals surface area contributed by atoms with E-state index in [2.05, 4.69) is 5.32 Å². The van der Waals surface area contributed by atoms with Gasteiger partial charge in [-0.25, -0.2) is 17.2 Å². The van der Waals surface area contributed by atoms with Crippen molar-refractivity contribution in [3.8, 4) is 0 Å². The minimum atomic E-state index is -3.59. The number of benzene rings is 3. The average Bonchev–Trinajstić information content (AvgIpc) is 2.73. The van der Waals surface area contributed by atoms with Crippen LogP contribution in [0.3, 0.4) is 0 Å². The van der Waals surface area contributed by atoms with Crippen molar-refractivity contribution in [3.05, 3.63) is 89.5 Å². The molecule has 4 rings (SSSR count). The molecule has 1 aliphatic rings. The normalized spacial score (nSPS) is 15.8. The zero-order valence-electron chi connectivity index (χ0n) is 16.9. The van der Waals surface area contributed by atoms with E-state index in [1.807, 2.05) is 0 Å².